The van der Waals surface area contributed by atoms with Crippen LogP contribution in [-0.4, -0.2) is 88.1 Å². The maximum Gasteiger partial charge on any atom is 0.311 e. The van der Waals surface area contributed by atoms with Gasteiger partial charge in [-0.05, 0) is 159 Å². The normalized spacial score (nSPS) is 13.5. The second kappa shape index (κ2) is 67.2. The van der Waals surface area contributed by atoms with Crippen LogP contribution >= 0.6 is 11.6 Å². The summed E-state index contributed by atoms with van der Waals surface area (Å²) in [6.45, 7) is 33.0. The average Bonchev–Trinajstić information content (AvgIpc) is 3.98. The van der Waals surface area contributed by atoms with Crippen molar-refractivity contribution in [2.75, 3.05) is 53.2 Å². The first-order valence-electron chi connectivity index (χ1n) is 33.9. The van der Waals surface area contributed by atoms with E-state index >= 15 is 0 Å². The van der Waals surface area contributed by atoms with Crippen molar-refractivity contribution in [2.24, 2.45) is 23.2 Å². The van der Waals surface area contributed by atoms with Crippen LogP contribution in [0, 0.1) is 23.2 Å². The average molecular weight is 1150 g/mol. The molecule has 0 aromatic heterocycles. The molecule has 2 rings (SSSR count). The third kappa shape index (κ3) is 62.3. The van der Waals surface area contributed by atoms with E-state index in [-0.39, 0.29) is 28.7 Å². The van der Waals surface area contributed by atoms with Crippen molar-refractivity contribution in [3.8, 4) is 0 Å². The van der Waals surface area contributed by atoms with Gasteiger partial charge in [0.2, 0.25) is 5.24 Å². The number of rotatable bonds is 46. The van der Waals surface area contributed by atoms with E-state index in [1.807, 2.05) is 27.6 Å². The van der Waals surface area contributed by atoms with Gasteiger partial charge in [0, 0.05) is 39.8 Å². The molecule has 2 aliphatic heterocycles. The Hall–Kier alpha value is -1.55. The molecule has 0 aromatic carbocycles. The maximum atomic E-state index is 12.6. The monoisotopic (exact) mass is 1140 g/mol. The van der Waals surface area contributed by atoms with E-state index in [1.165, 1.54) is 212 Å². The van der Waals surface area contributed by atoms with Crippen molar-refractivity contribution < 1.29 is 38.1 Å². The van der Waals surface area contributed by atoms with Crippen LogP contribution in [0.25, 0.3) is 0 Å². The highest BCUT2D eigenvalue weighted by Crippen LogP contribution is 2.28. The summed E-state index contributed by atoms with van der Waals surface area (Å²) in [4.78, 5) is 45.3. The molecule has 0 atom stereocenters. The molecule has 0 saturated carbocycles. The molecule has 0 amide bonds. The summed E-state index contributed by atoms with van der Waals surface area (Å²) < 4.78 is 21.9. The largest absolute Gasteiger partial charge is 0.465 e. The second-order valence-corrected chi connectivity index (χ2v) is 24.2. The number of carbonyl (C=O) groups is 4. The van der Waals surface area contributed by atoms with E-state index < -0.39 is 0 Å². The highest BCUT2D eigenvalue weighted by molar-refractivity contribution is 6.63. The number of unbranched alkanes of at least 4 members (excludes halogenated alkanes) is 21. The first-order valence-corrected chi connectivity index (χ1v) is 34.3. The Morgan fingerprint density at radius 1 is 0.570 bits per heavy atom. The fourth-order valence-electron chi connectivity index (χ4n) is 10.3. The smallest absolute Gasteiger partial charge is 0.311 e. The number of nitrogens with zero attached hydrogens (tertiary/aromatic N) is 1. The molecule has 79 heavy (non-hydrogen) atoms. The topological polar surface area (TPSA) is 108 Å². The molecule has 474 valence electrons. The summed E-state index contributed by atoms with van der Waals surface area (Å²) >= 11 is 4.94. The Balaban J connectivity index is -0.000000536. The Kier molecular flexibility index (Phi) is 71.4. The molecule has 0 N–H and O–H groups in total. The molecule has 0 aromatic rings. The molecule has 0 spiro atoms. The highest BCUT2D eigenvalue weighted by Gasteiger charge is 2.29. The van der Waals surface area contributed by atoms with Gasteiger partial charge in [-0.15, -0.1) is 0 Å². The molecule has 0 bridgehead atoms. The van der Waals surface area contributed by atoms with Gasteiger partial charge in [-0.1, -0.05) is 216 Å². The highest BCUT2D eigenvalue weighted by atomic mass is 35.5. The van der Waals surface area contributed by atoms with Gasteiger partial charge < -0.3 is 28.6 Å². The minimum Gasteiger partial charge on any atom is -0.465 e. The number of halogens is 1. The van der Waals surface area contributed by atoms with Crippen LogP contribution in [0.5, 0.6) is 0 Å². The van der Waals surface area contributed by atoms with Crippen LogP contribution in [0.2, 0.25) is 0 Å². The predicted molar refractivity (Wildman–Crippen MR) is 343 cm³/mol. The van der Waals surface area contributed by atoms with E-state index in [9.17, 15) is 14.4 Å². The van der Waals surface area contributed by atoms with Crippen LogP contribution in [0.1, 0.15) is 339 Å². The van der Waals surface area contributed by atoms with Gasteiger partial charge in [-0.25, -0.2) is 0 Å². The van der Waals surface area contributed by atoms with E-state index in [0.29, 0.717) is 19.4 Å². The van der Waals surface area contributed by atoms with Crippen molar-refractivity contribution in [1.82, 2.24) is 4.90 Å². The van der Waals surface area contributed by atoms with Crippen LogP contribution in [0.4, 0.5) is 0 Å². The summed E-state index contributed by atoms with van der Waals surface area (Å²) in [6.07, 6.45) is 49.7. The zero-order valence-corrected chi connectivity index (χ0v) is 55.8. The summed E-state index contributed by atoms with van der Waals surface area (Å²) in [5.74, 6) is 2.65. The zero-order valence-electron chi connectivity index (χ0n) is 55.0. The fraction of sp³-hybridized carbons (Fsp3) is 0.942. The molecule has 10 heteroatoms. The van der Waals surface area contributed by atoms with E-state index in [1.54, 1.807) is 7.11 Å². The first kappa shape index (κ1) is 83.9. The maximum absolute atomic E-state index is 12.6. The predicted octanol–water partition coefficient (Wildman–Crippen LogP) is 21.0. The molecule has 9 nitrogen and oxygen atoms in total. The SMILES string of the molecule is C=O.CC.CC(C)C1CCOCC1.CCCC(=O)Cl.CCCCCC(CCCCC)CCCOC(=O)C(C)(C)CCCCCCN1CCCC1.CCCCCCCCC(CCCCCCCC)OC(=O)CCCCCCCOC. The first-order chi connectivity index (χ1) is 38.3. The summed E-state index contributed by atoms with van der Waals surface area (Å²) in [6, 6.07) is 0. The quantitative estimate of drug-likeness (QED) is 0.0334. The van der Waals surface area contributed by atoms with Crippen LogP contribution in [0.3, 0.4) is 0 Å². The van der Waals surface area contributed by atoms with Gasteiger partial charge in [-0.2, -0.15) is 0 Å². The van der Waals surface area contributed by atoms with E-state index in [2.05, 4.69) is 60.3 Å². The van der Waals surface area contributed by atoms with Gasteiger partial charge in [0.15, 0.2) is 0 Å². The number of methoxy groups -OCH3 is 1. The molecular formula is C69H138ClNO8. The van der Waals surface area contributed by atoms with Crippen molar-refractivity contribution in [1.29, 1.82) is 0 Å². The van der Waals surface area contributed by atoms with Gasteiger partial charge in [0.25, 0.3) is 0 Å². The van der Waals surface area contributed by atoms with Crippen molar-refractivity contribution in [3.05, 3.63) is 0 Å². The number of likely N-dealkylation sites (tertiary alicyclic amines) is 1. The van der Waals surface area contributed by atoms with Crippen molar-refractivity contribution >= 4 is 35.6 Å². The van der Waals surface area contributed by atoms with Crippen LogP contribution in [0.15, 0.2) is 0 Å². The Bertz CT molecular complexity index is 1200. The molecule has 2 saturated heterocycles. The minimum atomic E-state index is -0.337. The van der Waals surface area contributed by atoms with Gasteiger partial charge in [0.1, 0.15) is 12.9 Å². The van der Waals surface area contributed by atoms with Crippen molar-refractivity contribution in [3.63, 3.8) is 0 Å². The van der Waals surface area contributed by atoms with Gasteiger partial charge >= 0.3 is 11.9 Å². The number of hydrogen-bond acceptors (Lipinski definition) is 9. The summed E-state index contributed by atoms with van der Waals surface area (Å²) in [5.41, 5.74) is -0.337. The lowest BCUT2D eigenvalue weighted by Crippen LogP contribution is -2.27. The van der Waals surface area contributed by atoms with E-state index in [4.69, 9.17) is 35.3 Å². The zero-order chi connectivity index (χ0) is 59.9. The van der Waals surface area contributed by atoms with Crippen LogP contribution in [-0.2, 0) is 38.1 Å². The van der Waals surface area contributed by atoms with Crippen molar-refractivity contribution in [2.45, 2.75) is 346 Å². The number of carbonyl (C=O) groups excluding carboxylic acids is 4. The Labute approximate surface area is 498 Å². The lowest BCUT2D eigenvalue weighted by atomic mass is 9.87. The number of ether oxygens (including phenoxy) is 4. The summed E-state index contributed by atoms with van der Waals surface area (Å²) in [7, 11) is 1.75. The third-order valence-electron chi connectivity index (χ3n) is 15.6. The van der Waals surface area contributed by atoms with Crippen LogP contribution < -0.4 is 0 Å². The van der Waals surface area contributed by atoms with Gasteiger partial charge in [-0.3, -0.25) is 14.4 Å². The molecule has 0 radical (unpaired) electrons. The second-order valence-electron chi connectivity index (χ2n) is 23.8. The number of esters is 2. The molecule has 2 heterocycles. The van der Waals surface area contributed by atoms with Gasteiger partial charge in [0.05, 0.1) is 12.0 Å². The third-order valence-corrected chi connectivity index (χ3v) is 15.8. The number of hydrogen-bond donors (Lipinski definition) is 0. The molecule has 2 fully saturated rings. The Morgan fingerprint density at radius 3 is 1.48 bits per heavy atom. The standard InChI is InChI=1S/C28H55NO2.C26H52O3.C8H16O.C4H7ClO.C2H6.CH2O/c1-5-7-11-18-26(19-12-8-6-2)20-17-25-31-27(30)28(3,4)21-13-9-10-14-22-29-23-15-16-24-29;1-4-6-8-10-13-17-21-25(22-18-14-11-9-7-5-2)29-26(27)23-19-15-12-16-20-24-28-3;1-7(2)8-3-5-9-6-4-8;1-2-3-4(5)6;2*1-2/h26H,5-25H2,1-4H3;25H,4-24H2,1-3H3;7-8H,3-6H2,1-2H3;2-3H2,1H3;1-2H3;1H2. The minimum absolute atomic E-state index is 0.0121. The molecule has 0 aliphatic carbocycles. The Morgan fingerprint density at radius 2 is 1.01 bits per heavy atom. The van der Waals surface area contributed by atoms with E-state index in [0.717, 1.165) is 95.4 Å². The molecule has 0 unspecified atom stereocenters. The lowest BCUT2D eigenvalue weighted by Gasteiger charge is -2.24. The molecular weight excluding hydrogens is 1010 g/mol. The lowest BCUT2D eigenvalue weighted by molar-refractivity contribution is -0.154. The fourth-order valence-corrected chi connectivity index (χ4v) is 10.5. The summed E-state index contributed by atoms with van der Waals surface area (Å²) in [5, 5.41) is -0.238. The molecule has 2 aliphatic rings.